The number of carbonyl (C=O) groups is 3. The van der Waals surface area contributed by atoms with Crippen molar-refractivity contribution < 1.29 is 24.6 Å². The molecule has 0 atom stereocenters. The fourth-order valence-electron chi connectivity index (χ4n) is 3.64. The molecule has 0 aromatic heterocycles. The van der Waals surface area contributed by atoms with Gasteiger partial charge < -0.3 is 31.1 Å². The van der Waals surface area contributed by atoms with E-state index in [0.717, 1.165) is 12.8 Å². The second-order valence-electron chi connectivity index (χ2n) is 8.77. The van der Waals surface area contributed by atoms with Crippen molar-refractivity contribution in [2.75, 3.05) is 52.5 Å². The molecular formula is C25H50N4O5. The van der Waals surface area contributed by atoms with E-state index in [1.165, 1.54) is 51.4 Å². The zero-order chi connectivity index (χ0) is 25.3. The van der Waals surface area contributed by atoms with Crippen molar-refractivity contribution in [2.45, 2.75) is 90.4 Å². The van der Waals surface area contributed by atoms with Gasteiger partial charge in [-0.1, -0.05) is 64.7 Å². The quantitative estimate of drug-likeness (QED) is 0.132. The van der Waals surface area contributed by atoms with Crippen molar-refractivity contribution in [3.05, 3.63) is 0 Å². The maximum atomic E-state index is 12.1. The molecule has 9 heteroatoms. The minimum Gasteiger partial charge on any atom is -0.395 e. The van der Waals surface area contributed by atoms with Crippen molar-refractivity contribution in [1.29, 1.82) is 0 Å². The van der Waals surface area contributed by atoms with Crippen LogP contribution in [0.15, 0.2) is 0 Å². The molecule has 0 heterocycles. The predicted molar refractivity (Wildman–Crippen MR) is 135 cm³/mol. The molecule has 34 heavy (non-hydrogen) atoms. The molecule has 0 saturated heterocycles. The number of unbranched alkanes of at least 4 members (excludes halogenated alkanes) is 9. The molecule has 0 aromatic carbocycles. The van der Waals surface area contributed by atoms with Gasteiger partial charge in [0.1, 0.15) is 0 Å². The van der Waals surface area contributed by atoms with E-state index in [9.17, 15) is 14.4 Å². The molecule has 0 aliphatic heterocycles. The summed E-state index contributed by atoms with van der Waals surface area (Å²) >= 11 is 0. The van der Waals surface area contributed by atoms with E-state index in [1.807, 2.05) is 4.90 Å². The lowest BCUT2D eigenvalue weighted by molar-refractivity contribution is -0.123. The Morgan fingerprint density at radius 3 is 1.44 bits per heavy atom. The number of carbonyl (C=O) groups excluding carboxylic acids is 3. The predicted octanol–water partition coefficient (Wildman–Crippen LogP) is 1.71. The minimum atomic E-state index is -0.159. The lowest BCUT2D eigenvalue weighted by Gasteiger charge is -2.22. The van der Waals surface area contributed by atoms with Crippen LogP contribution >= 0.6 is 0 Å². The van der Waals surface area contributed by atoms with E-state index in [0.29, 0.717) is 32.6 Å². The first-order valence-corrected chi connectivity index (χ1v) is 13.3. The minimum absolute atomic E-state index is 0.0425. The van der Waals surface area contributed by atoms with Crippen LogP contribution in [0.25, 0.3) is 0 Å². The summed E-state index contributed by atoms with van der Waals surface area (Å²) in [7, 11) is 0. The Balaban J connectivity index is 4.04. The Morgan fingerprint density at radius 1 is 0.559 bits per heavy atom. The maximum absolute atomic E-state index is 12.1. The first-order chi connectivity index (χ1) is 16.5. The number of aliphatic hydroxyl groups excluding tert-OH is 2. The van der Waals surface area contributed by atoms with Crippen molar-refractivity contribution >= 4 is 17.7 Å². The van der Waals surface area contributed by atoms with Gasteiger partial charge in [-0.3, -0.25) is 14.4 Å². The van der Waals surface area contributed by atoms with Crippen LogP contribution in [-0.4, -0.2) is 85.3 Å². The fraction of sp³-hybridized carbons (Fsp3) is 0.880. The second-order valence-corrected chi connectivity index (χ2v) is 8.77. The molecule has 0 saturated carbocycles. The Morgan fingerprint density at radius 2 is 0.971 bits per heavy atom. The molecule has 5 N–H and O–H groups in total. The fourth-order valence-corrected chi connectivity index (χ4v) is 3.64. The monoisotopic (exact) mass is 486 g/mol. The molecule has 0 rings (SSSR count). The van der Waals surface area contributed by atoms with E-state index in [-0.39, 0.29) is 56.9 Å². The summed E-state index contributed by atoms with van der Waals surface area (Å²) in [5, 5.41) is 25.8. The smallest absolute Gasteiger partial charge is 0.221 e. The van der Waals surface area contributed by atoms with E-state index in [4.69, 9.17) is 10.2 Å². The van der Waals surface area contributed by atoms with E-state index < -0.39 is 0 Å². The lowest BCUT2D eigenvalue weighted by Crippen LogP contribution is -2.39. The van der Waals surface area contributed by atoms with Crippen LogP contribution in [0.5, 0.6) is 0 Å². The summed E-state index contributed by atoms with van der Waals surface area (Å²) in [5.41, 5.74) is 0. The van der Waals surface area contributed by atoms with Gasteiger partial charge in [-0.25, -0.2) is 0 Å². The van der Waals surface area contributed by atoms with Gasteiger partial charge >= 0.3 is 0 Å². The van der Waals surface area contributed by atoms with Crippen LogP contribution in [0, 0.1) is 0 Å². The van der Waals surface area contributed by atoms with E-state index >= 15 is 0 Å². The Hall–Kier alpha value is -1.71. The van der Waals surface area contributed by atoms with E-state index in [1.54, 1.807) is 0 Å². The van der Waals surface area contributed by atoms with Gasteiger partial charge in [0, 0.05) is 58.5 Å². The maximum Gasteiger partial charge on any atom is 0.221 e. The molecule has 0 radical (unpaired) electrons. The molecule has 0 aliphatic rings. The zero-order valence-electron chi connectivity index (χ0n) is 21.4. The average molecular weight is 487 g/mol. The Bertz CT molecular complexity index is 496. The van der Waals surface area contributed by atoms with Crippen molar-refractivity contribution in [2.24, 2.45) is 0 Å². The van der Waals surface area contributed by atoms with Gasteiger partial charge in [0.2, 0.25) is 17.7 Å². The topological polar surface area (TPSA) is 131 Å². The van der Waals surface area contributed by atoms with Crippen molar-refractivity contribution in [3.63, 3.8) is 0 Å². The summed E-state index contributed by atoms with van der Waals surface area (Å²) in [4.78, 5) is 37.7. The Labute approximate surface area is 206 Å². The first kappa shape index (κ1) is 32.3. The summed E-state index contributed by atoms with van der Waals surface area (Å²) < 4.78 is 0. The average Bonchev–Trinajstić information content (AvgIpc) is 2.83. The highest BCUT2D eigenvalue weighted by Crippen LogP contribution is 2.11. The van der Waals surface area contributed by atoms with Crippen LogP contribution in [0.2, 0.25) is 0 Å². The highest BCUT2D eigenvalue weighted by molar-refractivity contribution is 5.77. The first-order valence-electron chi connectivity index (χ1n) is 13.3. The third kappa shape index (κ3) is 22.1. The van der Waals surface area contributed by atoms with Crippen LogP contribution in [0.3, 0.4) is 0 Å². The summed E-state index contributed by atoms with van der Waals surface area (Å²) in [6.45, 7) is 4.39. The molecule has 0 bridgehead atoms. The molecule has 9 nitrogen and oxygen atoms in total. The molecule has 0 aliphatic carbocycles. The summed E-state index contributed by atoms with van der Waals surface area (Å²) in [6, 6.07) is 0. The summed E-state index contributed by atoms with van der Waals surface area (Å²) in [6.07, 6.45) is 13.4. The van der Waals surface area contributed by atoms with Crippen LogP contribution in [0.1, 0.15) is 90.4 Å². The van der Waals surface area contributed by atoms with Gasteiger partial charge in [-0.15, -0.1) is 0 Å². The Kier molecular flexibility index (Phi) is 23.2. The number of hydrogen-bond acceptors (Lipinski definition) is 6. The SMILES string of the molecule is CCCCCCCCCCCCC(=O)NCCN(CCC(=O)NCCO)CCC(=O)NCCO. The van der Waals surface area contributed by atoms with Crippen LogP contribution < -0.4 is 16.0 Å². The van der Waals surface area contributed by atoms with Gasteiger partial charge in [-0.05, 0) is 6.42 Å². The number of amides is 3. The van der Waals surface area contributed by atoms with E-state index in [2.05, 4.69) is 22.9 Å². The van der Waals surface area contributed by atoms with Crippen molar-refractivity contribution in [3.8, 4) is 0 Å². The number of rotatable bonds is 24. The molecule has 0 spiro atoms. The highest BCUT2D eigenvalue weighted by atomic mass is 16.3. The number of hydrogen-bond donors (Lipinski definition) is 5. The number of aliphatic hydroxyl groups is 2. The van der Waals surface area contributed by atoms with Crippen molar-refractivity contribution in [1.82, 2.24) is 20.9 Å². The van der Waals surface area contributed by atoms with Gasteiger partial charge in [0.15, 0.2) is 0 Å². The highest BCUT2D eigenvalue weighted by Gasteiger charge is 2.11. The number of nitrogens with zero attached hydrogens (tertiary/aromatic N) is 1. The normalized spacial score (nSPS) is 10.9. The molecule has 0 fully saturated rings. The zero-order valence-corrected chi connectivity index (χ0v) is 21.4. The molecule has 3 amide bonds. The molecule has 200 valence electrons. The van der Waals surface area contributed by atoms with Crippen LogP contribution in [-0.2, 0) is 14.4 Å². The van der Waals surface area contributed by atoms with Gasteiger partial charge in [0.05, 0.1) is 13.2 Å². The van der Waals surface area contributed by atoms with Crippen LogP contribution in [0.4, 0.5) is 0 Å². The second kappa shape index (κ2) is 24.4. The number of nitrogens with one attached hydrogen (secondary N) is 3. The third-order valence-corrected chi connectivity index (χ3v) is 5.69. The third-order valence-electron chi connectivity index (χ3n) is 5.69. The molecular weight excluding hydrogens is 436 g/mol. The standard InChI is InChI=1S/C25H50N4O5/c1-2-3-4-5-6-7-8-9-10-11-12-23(32)26-15-20-29(18-13-24(33)27-16-21-30)19-14-25(34)28-17-22-31/h30-31H,2-22H2,1H3,(H,26,32)(H,27,33)(H,28,34). The largest absolute Gasteiger partial charge is 0.395 e. The van der Waals surface area contributed by atoms with Gasteiger partial charge in [0.25, 0.3) is 0 Å². The molecule has 0 unspecified atom stereocenters. The summed E-state index contributed by atoms with van der Waals surface area (Å²) in [5.74, 6) is -0.275. The molecule has 0 aromatic rings. The van der Waals surface area contributed by atoms with Gasteiger partial charge in [-0.2, -0.15) is 0 Å². The lowest BCUT2D eigenvalue weighted by atomic mass is 10.1.